The quantitative estimate of drug-likeness (QED) is 0.871. The van der Waals surface area contributed by atoms with Gasteiger partial charge >= 0.3 is 0 Å². The molecular weight excluding hydrogens is 226 g/mol. The standard InChI is InChI=1S/C14H25N3O/c1-4-13-12(9-15-3)14(5-2)17(16-13)11-7-6-8-18-10-11/h11,15H,4-10H2,1-3H3. The molecule has 2 heterocycles. The van der Waals surface area contributed by atoms with Crippen LogP contribution in [-0.2, 0) is 24.1 Å². The van der Waals surface area contributed by atoms with Crippen LogP contribution < -0.4 is 5.32 Å². The maximum absolute atomic E-state index is 5.60. The van der Waals surface area contributed by atoms with Crippen molar-refractivity contribution in [2.75, 3.05) is 20.3 Å². The Balaban J connectivity index is 2.33. The van der Waals surface area contributed by atoms with E-state index in [0.29, 0.717) is 6.04 Å². The van der Waals surface area contributed by atoms with E-state index in [4.69, 9.17) is 9.84 Å². The second-order valence-electron chi connectivity index (χ2n) is 4.92. The highest BCUT2D eigenvalue weighted by molar-refractivity contribution is 5.27. The Bertz CT molecular complexity index is 381. The lowest BCUT2D eigenvalue weighted by atomic mass is 10.1. The molecule has 18 heavy (non-hydrogen) atoms. The van der Waals surface area contributed by atoms with Crippen molar-refractivity contribution >= 4 is 0 Å². The molecule has 0 aliphatic carbocycles. The minimum Gasteiger partial charge on any atom is -0.379 e. The van der Waals surface area contributed by atoms with Gasteiger partial charge in [-0.05, 0) is 32.7 Å². The van der Waals surface area contributed by atoms with Crippen LogP contribution in [0.3, 0.4) is 0 Å². The Morgan fingerprint density at radius 3 is 2.78 bits per heavy atom. The van der Waals surface area contributed by atoms with Gasteiger partial charge in [-0.3, -0.25) is 4.68 Å². The zero-order valence-corrected chi connectivity index (χ0v) is 11.8. The first-order valence-electron chi connectivity index (χ1n) is 7.13. The fraction of sp³-hybridized carbons (Fsp3) is 0.786. The summed E-state index contributed by atoms with van der Waals surface area (Å²) in [6, 6.07) is 0.435. The molecule has 0 radical (unpaired) electrons. The second-order valence-corrected chi connectivity index (χ2v) is 4.92. The summed E-state index contributed by atoms with van der Waals surface area (Å²) in [5, 5.41) is 8.10. The predicted octanol–water partition coefficient (Wildman–Crippen LogP) is 2.08. The van der Waals surface area contributed by atoms with Gasteiger partial charge in [-0.2, -0.15) is 5.10 Å². The minimum atomic E-state index is 0.435. The van der Waals surface area contributed by atoms with Crippen LogP contribution in [-0.4, -0.2) is 30.0 Å². The van der Waals surface area contributed by atoms with Crippen molar-refractivity contribution in [3.8, 4) is 0 Å². The molecule has 4 nitrogen and oxygen atoms in total. The van der Waals surface area contributed by atoms with Gasteiger partial charge in [0.05, 0.1) is 18.3 Å². The van der Waals surface area contributed by atoms with E-state index in [-0.39, 0.29) is 0 Å². The molecule has 0 amide bonds. The van der Waals surface area contributed by atoms with Gasteiger partial charge in [0.1, 0.15) is 0 Å². The van der Waals surface area contributed by atoms with E-state index >= 15 is 0 Å². The maximum Gasteiger partial charge on any atom is 0.0756 e. The molecule has 0 saturated carbocycles. The summed E-state index contributed by atoms with van der Waals surface area (Å²) >= 11 is 0. The Morgan fingerprint density at radius 1 is 1.39 bits per heavy atom. The van der Waals surface area contributed by atoms with Crippen molar-refractivity contribution in [3.05, 3.63) is 17.0 Å². The van der Waals surface area contributed by atoms with Crippen molar-refractivity contribution in [3.63, 3.8) is 0 Å². The number of ether oxygens (including phenoxy) is 1. The summed E-state index contributed by atoms with van der Waals surface area (Å²) in [5.74, 6) is 0. The molecule has 1 aromatic rings. The highest BCUT2D eigenvalue weighted by Crippen LogP contribution is 2.25. The molecule has 1 fully saturated rings. The smallest absolute Gasteiger partial charge is 0.0756 e. The first-order chi connectivity index (χ1) is 8.81. The summed E-state index contributed by atoms with van der Waals surface area (Å²) < 4.78 is 7.84. The highest BCUT2D eigenvalue weighted by Gasteiger charge is 2.22. The van der Waals surface area contributed by atoms with E-state index < -0.39 is 0 Å². The number of nitrogens with zero attached hydrogens (tertiary/aromatic N) is 2. The summed E-state index contributed by atoms with van der Waals surface area (Å²) in [6.07, 6.45) is 4.39. The Morgan fingerprint density at radius 2 is 2.22 bits per heavy atom. The monoisotopic (exact) mass is 251 g/mol. The lowest BCUT2D eigenvalue weighted by molar-refractivity contribution is 0.0538. The first kappa shape index (κ1) is 13.6. The third-order valence-electron chi connectivity index (χ3n) is 3.71. The fourth-order valence-corrected chi connectivity index (χ4v) is 2.81. The average Bonchev–Trinajstić information content (AvgIpc) is 2.78. The summed E-state index contributed by atoms with van der Waals surface area (Å²) in [4.78, 5) is 0. The van der Waals surface area contributed by atoms with Crippen LogP contribution in [0.15, 0.2) is 0 Å². The molecule has 1 aliphatic heterocycles. The van der Waals surface area contributed by atoms with Crippen molar-refractivity contribution in [2.24, 2.45) is 0 Å². The number of aromatic nitrogens is 2. The van der Waals surface area contributed by atoms with Crippen LogP contribution in [0.2, 0.25) is 0 Å². The average molecular weight is 251 g/mol. The van der Waals surface area contributed by atoms with Crippen LogP contribution in [0.1, 0.15) is 49.7 Å². The van der Waals surface area contributed by atoms with E-state index in [1.54, 1.807) is 0 Å². The van der Waals surface area contributed by atoms with Crippen molar-refractivity contribution < 1.29 is 4.74 Å². The van der Waals surface area contributed by atoms with E-state index in [0.717, 1.165) is 39.0 Å². The number of hydrogen-bond donors (Lipinski definition) is 1. The topological polar surface area (TPSA) is 39.1 Å². The van der Waals surface area contributed by atoms with Gasteiger partial charge in [0.2, 0.25) is 0 Å². The lowest BCUT2D eigenvalue weighted by Gasteiger charge is -2.24. The fourth-order valence-electron chi connectivity index (χ4n) is 2.81. The van der Waals surface area contributed by atoms with Crippen molar-refractivity contribution in [1.29, 1.82) is 0 Å². The molecule has 1 atom stereocenters. The number of nitrogens with one attached hydrogen (secondary N) is 1. The molecule has 0 aromatic carbocycles. The molecule has 1 aromatic heterocycles. The van der Waals surface area contributed by atoms with Crippen LogP contribution in [0, 0.1) is 0 Å². The van der Waals surface area contributed by atoms with Gasteiger partial charge in [-0.25, -0.2) is 0 Å². The third kappa shape index (κ3) is 2.59. The maximum atomic E-state index is 5.60. The Kier molecular flexibility index (Phi) is 4.78. The molecule has 1 saturated heterocycles. The Hall–Kier alpha value is -0.870. The summed E-state index contributed by atoms with van der Waals surface area (Å²) in [7, 11) is 2.00. The van der Waals surface area contributed by atoms with Crippen molar-refractivity contribution in [2.45, 2.75) is 52.1 Å². The molecule has 102 valence electrons. The molecule has 4 heteroatoms. The summed E-state index contributed by atoms with van der Waals surface area (Å²) in [5.41, 5.74) is 4.02. The zero-order valence-electron chi connectivity index (χ0n) is 11.8. The number of hydrogen-bond acceptors (Lipinski definition) is 3. The predicted molar refractivity (Wildman–Crippen MR) is 72.8 cm³/mol. The van der Waals surface area contributed by atoms with Crippen molar-refractivity contribution in [1.82, 2.24) is 15.1 Å². The zero-order chi connectivity index (χ0) is 13.0. The van der Waals surface area contributed by atoms with Crippen LogP contribution in [0.5, 0.6) is 0 Å². The lowest BCUT2D eigenvalue weighted by Crippen LogP contribution is -2.24. The normalized spacial score (nSPS) is 20.3. The first-order valence-corrected chi connectivity index (χ1v) is 7.13. The van der Waals surface area contributed by atoms with Gasteiger partial charge in [-0.15, -0.1) is 0 Å². The van der Waals surface area contributed by atoms with Gasteiger partial charge in [0.15, 0.2) is 0 Å². The van der Waals surface area contributed by atoms with Crippen LogP contribution >= 0.6 is 0 Å². The van der Waals surface area contributed by atoms with E-state index in [9.17, 15) is 0 Å². The second kappa shape index (κ2) is 6.34. The molecular formula is C14H25N3O. The highest BCUT2D eigenvalue weighted by atomic mass is 16.5. The third-order valence-corrected chi connectivity index (χ3v) is 3.71. The molecule has 0 bridgehead atoms. The van der Waals surface area contributed by atoms with Gasteiger partial charge < -0.3 is 10.1 Å². The van der Waals surface area contributed by atoms with E-state index in [1.165, 1.54) is 23.4 Å². The molecule has 1 N–H and O–H groups in total. The number of aryl methyl sites for hydroxylation is 1. The Labute approximate surface area is 110 Å². The molecule has 1 unspecified atom stereocenters. The van der Waals surface area contributed by atoms with Crippen LogP contribution in [0.4, 0.5) is 0 Å². The van der Waals surface area contributed by atoms with Gasteiger partial charge in [-0.1, -0.05) is 13.8 Å². The minimum absolute atomic E-state index is 0.435. The van der Waals surface area contributed by atoms with Gasteiger partial charge in [0, 0.05) is 24.4 Å². The number of rotatable bonds is 5. The largest absolute Gasteiger partial charge is 0.379 e. The SMILES string of the molecule is CCc1nn(C2CCCOC2)c(CC)c1CNC. The summed E-state index contributed by atoms with van der Waals surface area (Å²) in [6.45, 7) is 7.04. The molecule has 1 aliphatic rings. The van der Waals surface area contributed by atoms with Crippen LogP contribution in [0.25, 0.3) is 0 Å². The molecule has 0 spiro atoms. The molecule has 2 rings (SSSR count). The van der Waals surface area contributed by atoms with E-state index in [1.807, 2.05) is 7.05 Å². The van der Waals surface area contributed by atoms with E-state index in [2.05, 4.69) is 23.8 Å². The van der Waals surface area contributed by atoms with Gasteiger partial charge in [0.25, 0.3) is 0 Å².